The molecule has 0 radical (unpaired) electrons. The van der Waals surface area contributed by atoms with Crippen molar-refractivity contribution in [1.29, 1.82) is 0 Å². The van der Waals surface area contributed by atoms with E-state index in [-0.39, 0.29) is 6.61 Å². The van der Waals surface area contributed by atoms with Crippen LogP contribution in [0.15, 0.2) is 60.7 Å². The first-order valence-corrected chi connectivity index (χ1v) is 6.55. The van der Waals surface area contributed by atoms with Crippen molar-refractivity contribution < 1.29 is 5.11 Å². The summed E-state index contributed by atoms with van der Waals surface area (Å²) in [6, 6.07) is 20.0. The van der Waals surface area contributed by atoms with Crippen LogP contribution in [0.2, 0.25) is 5.02 Å². The van der Waals surface area contributed by atoms with Gasteiger partial charge < -0.3 is 5.11 Å². The van der Waals surface area contributed by atoms with Crippen LogP contribution in [0.5, 0.6) is 0 Å². The Morgan fingerprint density at radius 1 is 0.789 bits per heavy atom. The van der Waals surface area contributed by atoms with Gasteiger partial charge in [0.15, 0.2) is 0 Å². The number of aliphatic hydroxyl groups excluding tert-OH is 1. The summed E-state index contributed by atoms with van der Waals surface area (Å²) in [4.78, 5) is 0. The van der Waals surface area contributed by atoms with Gasteiger partial charge in [0.1, 0.15) is 0 Å². The lowest BCUT2D eigenvalue weighted by atomic mass is 9.96. The maximum atomic E-state index is 9.42. The normalized spacial score (nSPS) is 10.8. The van der Waals surface area contributed by atoms with Gasteiger partial charge >= 0.3 is 0 Å². The Morgan fingerprint density at radius 3 is 2.21 bits per heavy atom. The molecule has 19 heavy (non-hydrogen) atoms. The molecular formula is C17H13ClO. The van der Waals surface area contributed by atoms with Crippen LogP contribution in [0.25, 0.3) is 21.9 Å². The van der Waals surface area contributed by atoms with Crippen LogP contribution in [0, 0.1) is 0 Å². The van der Waals surface area contributed by atoms with Gasteiger partial charge in [-0.1, -0.05) is 60.1 Å². The number of hydrogen-bond acceptors (Lipinski definition) is 1. The summed E-state index contributed by atoms with van der Waals surface area (Å²) in [7, 11) is 0. The van der Waals surface area contributed by atoms with Crippen molar-refractivity contribution >= 4 is 22.4 Å². The SMILES string of the molecule is OCc1cccc2c(-c3ccc(Cl)cc3)cccc12. The third kappa shape index (κ3) is 2.23. The van der Waals surface area contributed by atoms with E-state index in [0.717, 1.165) is 32.5 Å². The Morgan fingerprint density at radius 2 is 1.47 bits per heavy atom. The molecule has 94 valence electrons. The Balaban J connectivity index is 2.27. The summed E-state index contributed by atoms with van der Waals surface area (Å²) in [5.41, 5.74) is 3.24. The zero-order valence-electron chi connectivity index (χ0n) is 10.3. The smallest absolute Gasteiger partial charge is 0.0687 e. The van der Waals surface area contributed by atoms with Crippen LogP contribution in [-0.4, -0.2) is 5.11 Å². The lowest BCUT2D eigenvalue weighted by Gasteiger charge is -2.09. The highest BCUT2D eigenvalue weighted by atomic mass is 35.5. The van der Waals surface area contributed by atoms with Crippen LogP contribution in [-0.2, 0) is 6.61 Å². The quantitative estimate of drug-likeness (QED) is 0.717. The molecule has 0 bridgehead atoms. The Labute approximate surface area is 117 Å². The topological polar surface area (TPSA) is 20.2 Å². The monoisotopic (exact) mass is 268 g/mol. The molecule has 3 rings (SSSR count). The van der Waals surface area contributed by atoms with Crippen molar-refractivity contribution in [3.05, 3.63) is 71.2 Å². The van der Waals surface area contributed by atoms with Gasteiger partial charge in [0, 0.05) is 5.02 Å². The number of benzene rings is 3. The first-order chi connectivity index (χ1) is 9.29. The fraction of sp³-hybridized carbons (Fsp3) is 0.0588. The van der Waals surface area contributed by atoms with E-state index in [1.807, 2.05) is 48.5 Å². The van der Waals surface area contributed by atoms with E-state index in [4.69, 9.17) is 11.6 Å². The van der Waals surface area contributed by atoms with Gasteiger partial charge in [-0.2, -0.15) is 0 Å². The molecule has 0 aliphatic heterocycles. The van der Waals surface area contributed by atoms with Crippen LogP contribution < -0.4 is 0 Å². The van der Waals surface area contributed by atoms with Crippen LogP contribution in [0.4, 0.5) is 0 Å². The molecular weight excluding hydrogens is 256 g/mol. The van der Waals surface area contributed by atoms with Gasteiger partial charge in [0.25, 0.3) is 0 Å². The molecule has 0 unspecified atom stereocenters. The molecule has 0 aromatic heterocycles. The molecule has 0 amide bonds. The van der Waals surface area contributed by atoms with Gasteiger partial charge in [-0.05, 0) is 39.6 Å². The van der Waals surface area contributed by atoms with E-state index in [2.05, 4.69) is 12.1 Å². The second-order valence-electron chi connectivity index (χ2n) is 4.48. The fourth-order valence-corrected chi connectivity index (χ4v) is 2.52. The first-order valence-electron chi connectivity index (χ1n) is 6.17. The van der Waals surface area contributed by atoms with Crippen LogP contribution >= 0.6 is 11.6 Å². The van der Waals surface area contributed by atoms with E-state index in [9.17, 15) is 5.11 Å². The van der Waals surface area contributed by atoms with Gasteiger partial charge in [-0.15, -0.1) is 0 Å². The lowest BCUT2D eigenvalue weighted by molar-refractivity contribution is 0.283. The fourth-order valence-electron chi connectivity index (χ4n) is 2.39. The molecule has 0 fully saturated rings. The highest BCUT2D eigenvalue weighted by Gasteiger charge is 2.06. The second kappa shape index (κ2) is 5.04. The van der Waals surface area contributed by atoms with E-state index in [1.165, 1.54) is 0 Å². The average Bonchev–Trinajstić information content (AvgIpc) is 2.47. The van der Waals surface area contributed by atoms with E-state index < -0.39 is 0 Å². The molecule has 0 spiro atoms. The summed E-state index contributed by atoms with van der Waals surface area (Å²) in [5, 5.41) is 12.4. The number of aliphatic hydroxyl groups is 1. The van der Waals surface area contributed by atoms with Crippen molar-refractivity contribution in [2.75, 3.05) is 0 Å². The molecule has 2 heteroatoms. The molecule has 3 aromatic rings. The summed E-state index contributed by atoms with van der Waals surface area (Å²) in [6.45, 7) is 0.0570. The van der Waals surface area contributed by atoms with Crippen molar-refractivity contribution in [3.63, 3.8) is 0 Å². The number of hydrogen-bond donors (Lipinski definition) is 1. The van der Waals surface area contributed by atoms with Crippen molar-refractivity contribution in [3.8, 4) is 11.1 Å². The van der Waals surface area contributed by atoms with E-state index in [0.29, 0.717) is 0 Å². The summed E-state index contributed by atoms with van der Waals surface area (Å²) >= 11 is 5.93. The minimum absolute atomic E-state index is 0.0570. The largest absolute Gasteiger partial charge is 0.392 e. The number of rotatable bonds is 2. The molecule has 3 aromatic carbocycles. The second-order valence-corrected chi connectivity index (χ2v) is 4.92. The Bertz CT molecular complexity index is 717. The number of fused-ring (bicyclic) bond motifs is 1. The van der Waals surface area contributed by atoms with Gasteiger partial charge in [-0.25, -0.2) is 0 Å². The lowest BCUT2D eigenvalue weighted by Crippen LogP contribution is -1.87. The minimum Gasteiger partial charge on any atom is -0.392 e. The van der Waals surface area contributed by atoms with Crippen LogP contribution in [0.1, 0.15) is 5.56 Å². The maximum Gasteiger partial charge on any atom is 0.0687 e. The zero-order valence-corrected chi connectivity index (χ0v) is 11.1. The third-order valence-electron chi connectivity index (χ3n) is 3.34. The Kier molecular flexibility index (Phi) is 3.24. The van der Waals surface area contributed by atoms with Crippen molar-refractivity contribution in [2.24, 2.45) is 0 Å². The Hall–Kier alpha value is -1.83. The molecule has 0 aliphatic rings. The third-order valence-corrected chi connectivity index (χ3v) is 3.59. The van der Waals surface area contributed by atoms with Gasteiger partial charge in [0.05, 0.1) is 6.61 Å². The summed E-state index contributed by atoms with van der Waals surface area (Å²) < 4.78 is 0. The first kappa shape index (κ1) is 12.2. The minimum atomic E-state index is 0.0570. The molecule has 1 N–H and O–H groups in total. The molecule has 0 saturated heterocycles. The van der Waals surface area contributed by atoms with Gasteiger partial charge in [-0.3, -0.25) is 0 Å². The van der Waals surface area contributed by atoms with Crippen molar-refractivity contribution in [1.82, 2.24) is 0 Å². The molecule has 0 heterocycles. The van der Waals surface area contributed by atoms with E-state index in [1.54, 1.807) is 0 Å². The predicted molar refractivity (Wildman–Crippen MR) is 80.3 cm³/mol. The summed E-state index contributed by atoms with van der Waals surface area (Å²) in [5.74, 6) is 0. The molecule has 0 atom stereocenters. The highest BCUT2D eigenvalue weighted by molar-refractivity contribution is 6.30. The molecule has 0 aliphatic carbocycles. The van der Waals surface area contributed by atoms with Crippen LogP contribution in [0.3, 0.4) is 0 Å². The standard InChI is InChI=1S/C17H13ClO/c18-14-9-7-12(8-10-14)15-4-2-5-16-13(11-19)3-1-6-17(15)16/h1-10,19H,11H2. The van der Waals surface area contributed by atoms with Gasteiger partial charge in [0.2, 0.25) is 0 Å². The predicted octanol–water partition coefficient (Wildman–Crippen LogP) is 4.65. The maximum absolute atomic E-state index is 9.42. The van der Waals surface area contributed by atoms with Crippen molar-refractivity contribution in [2.45, 2.75) is 6.61 Å². The highest BCUT2D eigenvalue weighted by Crippen LogP contribution is 2.31. The zero-order chi connectivity index (χ0) is 13.2. The summed E-state index contributed by atoms with van der Waals surface area (Å²) in [6.07, 6.45) is 0. The van der Waals surface area contributed by atoms with E-state index >= 15 is 0 Å². The average molecular weight is 269 g/mol. The molecule has 0 saturated carbocycles. The molecule has 1 nitrogen and oxygen atoms in total. The number of halogens is 1.